The van der Waals surface area contributed by atoms with Crippen molar-refractivity contribution in [1.29, 1.82) is 0 Å². The Kier molecular flexibility index (Phi) is 7.08. The van der Waals surface area contributed by atoms with E-state index < -0.39 is 11.9 Å². The van der Waals surface area contributed by atoms with Crippen LogP contribution in [0.2, 0.25) is 0 Å². The second-order valence-electron chi connectivity index (χ2n) is 7.63. The molecule has 5 nitrogen and oxygen atoms in total. The molecule has 0 bridgehead atoms. The van der Waals surface area contributed by atoms with Gasteiger partial charge in [-0.1, -0.05) is 48.5 Å². The Bertz CT molecular complexity index is 1070. The van der Waals surface area contributed by atoms with Crippen molar-refractivity contribution in [3.63, 3.8) is 0 Å². The summed E-state index contributed by atoms with van der Waals surface area (Å²) in [4.78, 5) is 24.6. The monoisotopic (exact) mass is 418 g/mol. The van der Waals surface area contributed by atoms with Crippen molar-refractivity contribution >= 4 is 11.8 Å². The van der Waals surface area contributed by atoms with E-state index in [0.717, 1.165) is 22.3 Å². The van der Waals surface area contributed by atoms with Crippen LogP contribution >= 0.6 is 0 Å². The lowest BCUT2D eigenvalue weighted by Gasteiger charge is -2.20. The maximum Gasteiger partial charge on any atom is 0.303 e. The molecule has 0 heterocycles. The minimum Gasteiger partial charge on any atom is -0.508 e. The van der Waals surface area contributed by atoms with Crippen LogP contribution in [0, 0.1) is 13.8 Å². The van der Waals surface area contributed by atoms with E-state index in [1.54, 1.807) is 6.07 Å². The highest BCUT2D eigenvalue weighted by atomic mass is 16.5. The number of ketones is 1. The molecule has 0 saturated carbocycles. The summed E-state index contributed by atoms with van der Waals surface area (Å²) < 4.78 is 5.78. The van der Waals surface area contributed by atoms with Crippen molar-refractivity contribution in [1.82, 2.24) is 0 Å². The number of carbonyl (C=O) groups is 2. The second kappa shape index (κ2) is 9.94. The third kappa shape index (κ3) is 5.72. The number of aliphatic carboxylic acids is 1. The third-order valence-electron chi connectivity index (χ3n) is 5.41. The van der Waals surface area contributed by atoms with Crippen LogP contribution in [0.15, 0.2) is 66.7 Å². The molecule has 0 aliphatic rings. The summed E-state index contributed by atoms with van der Waals surface area (Å²) in [7, 11) is 0. The molecule has 0 unspecified atom stereocenters. The van der Waals surface area contributed by atoms with Gasteiger partial charge in [0.25, 0.3) is 0 Å². The van der Waals surface area contributed by atoms with E-state index in [1.807, 2.05) is 62.4 Å². The molecule has 0 aromatic heterocycles. The Morgan fingerprint density at radius 1 is 0.968 bits per heavy atom. The van der Waals surface area contributed by atoms with Crippen molar-refractivity contribution in [2.24, 2.45) is 0 Å². The lowest BCUT2D eigenvalue weighted by atomic mass is 9.83. The fourth-order valence-electron chi connectivity index (χ4n) is 3.60. The molecule has 160 valence electrons. The number of hydrogen-bond donors (Lipinski definition) is 2. The molecule has 1 atom stereocenters. The van der Waals surface area contributed by atoms with Gasteiger partial charge in [0.1, 0.15) is 18.1 Å². The van der Waals surface area contributed by atoms with E-state index in [2.05, 4.69) is 0 Å². The topological polar surface area (TPSA) is 83.8 Å². The maximum absolute atomic E-state index is 13.4. The standard InChI is InChI=1S/C26H26O5/c1-17-7-6-10-23(18(17)2)24(11-12-25(28)29)26(30)20-13-21(27)15-22(14-20)31-16-19-8-4-3-5-9-19/h3-10,13-15,24,27H,11-12,16H2,1-2H3,(H,28,29)/t24-/m0/s1. The normalized spacial score (nSPS) is 11.7. The molecule has 0 aliphatic carbocycles. The molecule has 31 heavy (non-hydrogen) atoms. The number of hydrogen-bond acceptors (Lipinski definition) is 4. The van der Waals surface area contributed by atoms with E-state index >= 15 is 0 Å². The Morgan fingerprint density at radius 2 is 1.71 bits per heavy atom. The zero-order chi connectivity index (χ0) is 22.4. The number of benzene rings is 3. The molecule has 0 spiro atoms. The van der Waals surface area contributed by atoms with Gasteiger partial charge in [0.15, 0.2) is 5.78 Å². The molecule has 3 aromatic rings. The van der Waals surface area contributed by atoms with Crippen LogP contribution in [0.4, 0.5) is 0 Å². The van der Waals surface area contributed by atoms with Crippen molar-refractivity contribution in [2.75, 3.05) is 0 Å². The minimum absolute atomic E-state index is 0.0770. The van der Waals surface area contributed by atoms with Gasteiger partial charge in [0.05, 0.1) is 0 Å². The van der Waals surface area contributed by atoms with E-state index in [-0.39, 0.29) is 24.4 Å². The summed E-state index contributed by atoms with van der Waals surface area (Å²) in [5.41, 5.74) is 4.06. The second-order valence-corrected chi connectivity index (χ2v) is 7.63. The van der Waals surface area contributed by atoms with Gasteiger partial charge >= 0.3 is 5.97 Å². The van der Waals surface area contributed by atoms with Crippen molar-refractivity contribution < 1.29 is 24.5 Å². The van der Waals surface area contributed by atoms with Gasteiger partial charge in [-0.2, -0.15) is 0 Å². The zero-order valence-electron chi connectivity index (χ0n) is 17.7. The molecule has 3 rings (SSSR count). The van der Waals surface area contributed by atoms with Gasteiger partial charge in [-0.05, 0) is 54.7 Å². The number of rotatable bonds is 9. The minimum atomic E-state index is -0.953. The first-order chi connectivity index (χ1) is 14.8. The Balaban J connectivity index is 1.90. The van der Waals surface area contributed by atoms with Gasteiger partial charge in [-0.25, -0.2) is 0 Å². The first-order valence-corrected chi connectivity index (χ1v) is 10.2. The zero-order valence-corrected chi connectivity index (χ0v) is 17.7. The number of carboxylic acids is 1. The predicted molar refractivity (Wildman–Crippen MR) is 119 cm³/mol. The Morgan fingerprint density at radius 3 is 2.42 bits per heavy atom. The summed E-state index contributed by atoms with van der Waals surface area (Å²) in [6.07, 6.45) is 0.0499. The summed E-state index contributed by atoms with van der Waals surface area (Å²) in [5.74, 6) is -1.52. The van der Waals surface area contributed by atoms with Crippen LogP contribution in [0.3, 0.4) is 0 Å². The first kappa shape index (κ1) is 22.1. The highest BCUT2D eigenvalue weighted by molar-refractivity contribution is 6.02. The van der Waals surface area contributed by atoms with E-state index in [9.17, 15) is 19.8 Å². The molecule has 0 radical (unpaired) electrons. The molecule has 2 N–H and O–H groups in total. The Hall–Kier alpha value is -3.60. The van der Waals surface area contributed by atoms with Crippen molar-refractivity contribution in [3.05, 3.63) is 94.5 Å². The number of carbonyl (C=O) groups excluding carboxylic acids is 1. The van der Waals surface area contributed by atoms with Gasteiger partial charge in [0, 0.05) is 24.0 Å². The van der Waals surface area contributed by atoms with E-state index in [0.29, 0.717) is 17.9 Å². The highest BCUT2D eigenvalue weighted by Gasteiger charge is 2.25. The van der Waals surface area contributed by atoms with Crippen LogP contribution in [0.1, 0.15) is 51.4 Å². The third-order valence-corrected chi connectivity index (χ3v) is 5.41. The van der Waals surface area contributed by atoms with Crippen molar-refractivity contribution in [2.45, 2.75) is 39.2 Å². The summed E-state index contributed by atoms with van der Waals surface area (Å²) in [5, 5.41) is 19.4. The lowest BCUT2D eigenvalue weighted by Crippen LogP contribution is -2.16. The molecule has 0 fully saturated rings. The number of phenolic OH excluding ortho intramolecular Hbond substituents is 1. The van der Waals surface area contributed by atoms with Gasteiger partial charge in [-0.3, -0.25) is 9.59 Å². The maximum atomic E-state index is 13.4. The van der Waals surface area contributed by atoms with Crippen LogP contribution in [0.25, 0.3) is 0 Å². The number of aromatic hydroxyl groups is 1. The van der Waals surface area contributed by atoms with E-state index in [4.69, 9.17) is 4.74 Å². The fourth-order valence-corrected chi connectivity index (χ4v) is 3.60. The quantitative estimate of drug-likeness (QED) is 0.453. The molecule has 3 aromatic carbocycles. The lowest BCUT2D eigenvalue weighted by molar-refractivity contribution is -0.137. The van der Waals surface area contributed by atoms with Crippen molar-refractivity contribution in [3.8, 4) is 11.5 Å². The molecular formula is C26H26O5. The molecular weight excluding hydrogens is 392 g/mol. The summed E-state index contributed by atoms with van der Waals surface area (Å²) in [6, 6.07) is 19.7. The fraction of sp³-hybridized carbons (Fsp3) is 0.231. The average Bonchev–Trinajstić information content (AvgIpc) is 2.75. The van der Waals surface area contributed by atoms with Crippen LogP contribution in [-0.2, 0) is 11.4 Å². The van der Waals surface area contributed by atoms with Gasteiger partial charge in [0.2, 0.25) is 0 Å². The average molecular weight is 418 g/mol. The number of phenols is 1. The van der Waals surface area contributed by atoms with Gasteiger partial charge in [-0.15, -0.1) is 0 Å². The van der Waals surface area contributed by atoms with E-state index in [1.165, 1.54) is 12.1 Å². The summed E-state index contributed by atoms with van der Waals surface area (Å²) in [6.45, 7) is 4.20. The predicted octanol–water partition coefficient (Wildman–Crippen LogP) is 5.42. The van der Waals surface area contributed by atoms with Gasteiger partial charge < -0.3 is 14.9 Å². The smallest absolute Gasteiger partial charge is 0.303 e. The number of ether oxygens (including phenoxy) is 1. The molecule has 0 amide bonds. The Labute approximate surface area is 181 Å². The summed E-state index contributed by atoms with van der Waals surface area (Å²) >= 11 is 0. The van der Waals surface area contributed by atoms with Crippen LogP contribution in [0.5, 0.6) is 11.5 Å². The first-order valence-electron chi connectivity index (χ1n) is 10.2. The van der Waals surface area contributed by atoms with Crippen LogP contribution in [-0.4, -0.2) is 22.0 Å². The largest absolute Gasteiger partial charge is 0.508 e. The SMILES string of the molecule is Cc1cccc([C@H](CCC(=O)O)C(=O)c2cc(O)cc(OCc3ccccc3)c2)c1C. The molecule has 0 saturated heterocycles. The molecule has 5 heteroatoms. The number of carboxylic acid groups (broad SMARTS) is 1. The number of Topliss-reactive ketones (excluding diaryl/α,β-unsaturated/α-hetero) is 1. The van der Waals surface area contributed by atoms with Crippen LogP contribution < -0.4 is 4.74 Å². The molecule has 0 aliphatic heterocycles. The highest BCUT2D eigenvalue weighted by Crippen LogP contribution is 2.32. The number of aryl methyl sites for hydroxylation is 1.